The molecule has 0 saturated heterocycles. The molecular weight excluding hydrogens is 326 g/mol. The topological polar surface area (TPSA) is 46.2 Å². The molecule has 0 aliphatic heterocycles. The van der Waals surface area contributed by atoms with Crippen LogP contribution in [0.1, 0.15) is 0 Å². The van der Waals surface area contributed by atoms with E-state index in [2.05, 4.69) is 15.6 Å². The number of benzene rings is 2. The third-order valence-electron chi connectivity index (χ3n) is 3.13. The van der Waals surface area contributed by atoms with Gasteiger partial charge in [-0.15, -0.1) is 0 Å². The first-order valence-corrected chi connectivity index (χ1v) is 8.20. The second-order valence-electron chi connectivity index (χ2n) is 4.70. The minimum Gasteiger partial charge on any atom is -0.497 e. The van der Waals surface area contributed by atoms with Crippen LogP contribution in [-0.2, 0) is 0 Å². The first-order valence-electron chi connectivity index (χ1n) is 6.98. The van der Waals surface area contributed by atoms with Crippen molar-refractivity contribution in [3.63, 3.8) is 0 Å². The van der Waals surface area contributed by atoms with Crippen molar-refractivity contribution in [3.05, 3.63) is 60.8 Å². The molecule has 0 bridgehead atoms. The molecule has 0 aliphatic carbocycles. The average molecular weight is 341 g/mol. The normalized spacial score (nSPS) is 10.1. The minimum atomic E-state index is 0.520. The molecule has 0 radical (unpaired) electrons. The van der Waals surface area contributed by atoms with E-state index in [0.29, 0.717) is 5.11 Å². The van der Waals surface area contributed by atoms with Crippen molar-refractivity contribution in [2.45, 2.75) is 0 Å². The highest BCUT2D eigenvalue weighted by atomic mass is 32.1. The lowest BCUT2D eigenvalue weighted by atomic mass is 10.2. The number of para-hydroxylation sites is 1. The number of anilines is 2. The van der Waals surface area contributed by atoms with Crippen molar-refractivity contribution >= 4 is 39.5 Å². The number of thiazole rings is 1. The van der Waals surface area contributed by atoms with Crippen molar-refractivity contribution < 1.29 is 4.74 Å². The summed E-state index contributed by atoms with van der Waals surface area (Å²) < 4.78 is 5.17. The summed E-state index contributed by atoms with van der Waals surface area (Å²) >= 11 is 6.85. The number of nitrogens with one attached hydrogen (secondary N) is 2. The van der Waals surface area contributed by atoms with Gasteiger partial charge in [0.1, 0.15) is 5.75 Å². The van der Waals surface area contributed by atoms with Gasteiger partial charge in [0, 0.05) is 11.9 Å². The fourth-order valence-electron chi connectivity index (χ4n) is 2.00. The molecule has 0 unspecified atom stereocenters. The fraction of sp³-hybridized carbons (Fsp3) is 0.0588. The zero-order valence-electron chi connectivity index (χ0n) is 12.4. The second-order valence-corrected chi connectivity index (χ2v) is 6.14. The monoisotopic (exact) mass is 341 g/mol. The highest BCUT2D eigenvalue weighted by Crippen LogP contribution is 2.30. The van der Waals surface area contributed by atoms with E-state index < -0.39 is 0 Å². The summed E-state index contributed by atoms with van der Waals surface area (Å²) in [6.07, 6.45) is 1.83. The first kappa shape index (κ1) is 15.5. The lowest BCUT2D eigenvalue weighted by molar-refractivity contribution is 0.415. The van der Waals surface area contributed by atoms with Gasteiger partial charge in [-0.1, -0.05) is 29.5 Å². The van der Waals surface area contributed by atoms with E-state index in [1.807, 2.05) is 60.8 Å². The van der Waals surface area contributed by atoms with Crippen LogP contribution in [0.15, 0.2) is 60.8 Å². The summed E-state index contributed by atoms with van der Waals surface area (Å²) in [4.78, 5) is 5.43. The molecule has 3 aromatic rings. The average Bonchev–Trinajstić information content (AvgIpc) is 3.04. The molecule has 0 amide bonds. The molecular formula is C17H15N3OS2. The van der Waals surface area contributed by atoms with Gasteiger partial charge in [0.05, 0.1) is 12.0 Å². The van der Waals surface area contributed by atoms with Gasteiger partial charge in [-0.2, -0.15) is 0 Å². The Morgan fingerprint density at radius 3 is 2.48 bits per heavy atom. The molecule has 1 heterocycles. The van der Waals surface area contributed by atoms with E-state index in [1.165, 1.54) is 0 Å². The quantitative estimate of drug-likeness (QED) is 0.678. The maximum Gasteiger partial charge on any atom is 0.189 e. The Morgan fingerprint density at radius 2 is 1.78 bits per heavy atom. The third-order valence-corrected chi connectivity index (χ3v) is 4.30. The zero-order chi connectivity index (χ0) is 16.1. The van der Waals surface area contributed by atoms with Crippen molar-refractivity contribution in [2.24, 2.45) is 0 Å². The van der Waals surface area contributed by atoms with Crippen LogP contribution in [0.2, 0.25) is 0 Å². The molecule has 2 aromatic carbocycles. The van der Waals surface area contributed by atoms with Crippen LogP contribution in [0.5, 0.6) is 5.75 Å². The second kappa shape index (κ2) is 7.21. The van der Waals surface area contributed by atoms with Gasteiger partial charge in [-0.3, -0.25) is 0 Å². The summed E-state index contributed by atoms with van der Waals surface area (Å²) in [5.74, 6) is 0.838. The van der Waals surface area contributed by atoms with Gasteiger partial charge >= 0.3 is 0 Å². The number of nitrogens with zero attached hydrogens (tertiary/aromatic N) is 1. The Labute approximate surface area is 144 Å². The van der Waals surface area contributed by atoms with E-state index in [9.17, 15) is 0 Å². The number of thiocarbonyl (C=S) groups is 1. The summed E-state index contributed by atoms with van der Waals surface area (Å²) in [5, 5.41) is 7.51. The molecule has 0 aliphatic rings. The highest BCUT2D eigenvalue weighted by Gasteiger charge is 2.06. The number of hydrogen-bond donors (Lipinski definition) is 2. The zero-order valence-corrected chi connectivity index (χ0v) is 14.1. The lowest BCUT2D eigenvalue weighted by Gasteiger charge is -2.07. The fourth-order valence-corrected chi connectivity index (χ4v) is 3.11. The van der Waals surface area contributed by atoms with Crippen LogP contribution in [0, 0.1) is 0 Å². The van der Waals surface area contributed by atoms with Crippen LogP contribution in [0.4, 0.5) is 10.8 Å². The Morgan fingerprint density at radius 1 is 1.04 bits per heavy atom. The molecule has 6 heteroatoms. The summed E-state index contributed by atoms with van der Waals surface area (Å²) in [7, 11) is 1.66. The van der Waals surface area contributed by atoms with Gasteiger partial charge in [0.25, 0.3) is 0 Å². The molecule has 116 valence electrons. The van der Waals surface area contributed by atoms with Gasteiger partial charge in [-0.25, -0.2) is 4.98 Å². The lowest BCUT2D eigenvalue weighted by Crippen LogP contribution is -2.18. The van der Waals surface area contributed by atoms with E-state index in [1.54, 1.807) is 18.4 Å². The number of ether oxygens (including phenoxy) is 1. The molecule has 1 aromatic heterocycles. The maximum absolute atomic E-state index is 5.30. The largest absolute Gasteiger partial charge is 0.497 e. The van der Waals surface area contributed by atoms with Crippen LogP contribution in [-0.4, -0.2) is 17.2 Å². The van der Waals surface area contributed by atoms with Gasteiger partial charge in [0.15, 0.2) is 10.2 Å². The number of methoxy groups -OCH3 is 1. The van der Waals surface area contributed by atoms with Crippen molar-refractivity contribution in [1.29, 1.82) is 0 Å². The summed E-state index contributed by atoms with van der Waals surface area (Å²) in [6.45, 7) is 0. The van der Waals surface area contributed by atoms with E-state index in [0.717, 1.165) is 27.0 Å². The summed E-state index contributed by atoms with van der Waals surface area (Å²) in [6, 6.07) is 17.7. The van der Waals surface area contributed by atoms with Gasteiger partial charge in [-0.05, 0) is 54.2 Å². The number of hydrogen-bond acceptors (Lipinski definition) is 4. The molecule has 0 spiro atoms. The third kappa shape index (κ3) is 4.06. The van der Waals surface area contributed by atoms with Crippen molar-refractivity contribution in [2.75, 3.05) is 17.7 Å². The molecule has 4 nitrogen and oxygen atoms in total. The molecule has 3 rings (SSSR count). The Kier molecular flexibility index (Phi) is 4.85. The highest BCUT2D eigenvalue weighted by molar-refractivity contribution is 7.80. The standard InChI is InChI=1S/C17H15N3OS2/c1-21-14-9-7-12(8-10-14)15-11-18-17(23-15)20-16(22)19-13-5-3-2-4-6-13/h2-11H,1H3,(H2,18,19,20,22). The smallest absolute Gasteiger partial charge is 0.189 e. The maximum atomic E-state index is 5.30. The van der Waals surface area contributed by atoms with Crippen LogP contribution >= 0.6 is 23.6 Å². The van der Waals surface area contributed by atoms with Crippen LogP contribution < -0.4 is 15.4 Å². The summed E-state index contributed by atoms with van der Waals surface area (Å²) in [5.41, 5.74) is 2.04. The van der Waals surface area contributed by atoms with E-state index in [4.69, 9.17) is 17.0 Å². The van der Waals surface area contributed by atoms with Crippen LogP contribution in [0.3, 0.4) is 0 Å². The molecule has 2 N–H and O–H groups in total. The Hall–Kier alpha value is -2.44. The Bertz CT molecular complexity index is 785. The molecule has 23 heavy (non-hydrogen) atoms. The Balaban J connectivity index is 1.65. The molecule has 0 saturated carbocycles. The van der Waals surface area contributed by atoms with E-state index in [-0.39, 0.29) is 0 Å². The SMILES string of the molecule is COc1ccc(-c2cnc(NC(=S)Nc3ccccc3)s2)cc1. The predicted octanol–water partition coefficient (Wildman–Crippen LogP) is 4.63. The van der Waals surface area contributed by atoms with Crippen molar-refractivity contribution in [1.82, 2.24) is 4.98 Å². The molecule has 0 fully saturated rings. The van der Waals surface area contributed by atoms with Crippen molar-refractivity contribution in [3.8, 4) is 16.2 Å². The van der Waals surface area contributed by atoms with Crippen LogP contribution in [0.25, 0.3) is 10.4 Å². The minimum absolute atomic E-state index is 0.520. The predicted molar refractivity (Wildman–Crippen MR) is 100 cm³/mol. The van der Waals surface area contributed by atoms with Gasteiger partial charge in [0.2, 0.25) is 0 Å². The number of aromatic nitrogens is 1. The van der Waals surface area contributed by atoms with E-state index >= 15 is 0 Å². The first-order chi connectivity index (χ1) is 11.2. The van der Waals surface area contributed by atoms with Gasteiger partial charge < -0.3 is 15.4 Å². The molecule has 0 atom stereocenters. The number of rotatable bonds is 4.